The highest BCUT2D eigenvalue weighted by Gasteiger charge is 2.39. The van der Waals surface area contributed by atoms with E-state index in [1.54, 1.807) is 0 Å². The Kier molecular flexibility index (Phi) is 12.5. The zero-order valence-corrected chi connectivity index (χ0v) is 25.1. The SMILES string of the molecule is CSCC[C@H](NC(=O)[C@H](Cc1ccc(OS(=O)(=O)O)cc1)N1C(=O)CCC1=O)C(=O)NCC(=O)NCCc1ccccc1. The molecule has 3 rings (SSSR count). The topological polar surface area (TPSA) is 188 Å². The van der Waals surface area contributed by atoms with E-state index in [-0.39, 0.29) is 38.0 Å². The molecule has 43 heavy (non-hydrogen) atoms. The van der Waals surface area contributed by atoms with Crippen molar-refractivity contribution in [2.75, 3.05) is 25.1 Å². The van der Waals surface area contributed by atoms with Crippen LogP contribution in [0.5, 0.6) is 5.75 Å². The van der Waals surface area contributed by atoms with Crippen molar-refractivity contribution >= 4 is 51.7 Å². The first-order valence-electron chi connectivity index (χ1n) is 13.4. The Labute approximate surface area is 254 Å². The molecule has 0 aromatic heterocycles. The van der Waals surface area contributed by atoms with Crippen LogP contribution >= 0.6 is 11.8 Å². The molecule has 1 aliphatic heterocycles. The number of benzene rings is 2. The third-order valence-corrected chi connectivity index (χ3v) is 7.55. The quantitative estimate of drug-likeness (QED) is 0.151. The fraction of sp³-hybridized carbons (Fsp3) is 0.393. The lowest BCUT2D eigenvalue weighted by Crippen LogP contribution is -2.56. The summed E-state index contributed by atoms with van der Waals surface area (Å²) in [4.78, 5) is 64.8. The first-order chi connectivity index (χ1) is 20.5. The van der Waals surface area contributed by atoms with E-state index in [1.807, 2.05) is 36.6 Å². The van der Waals surface area contributed by atoms with Crippen molar-refractivity contribution < 1.29 is 41.1 Å². The number of nitrogens with zero attached hydrogens (tertiary/aromatic N) is 1. The van der Waals surface area contributed by atoms with Gasteiger partial charge in [0.15, 0.2) is 0 Å². The molecule has 1 saturated heterocycles. The van der Waals surface area contributed by atoms with Gasteiger partial charge in [0.2, 0.25) is 29.5 Å². The van der Waals surface area contributed by atoms with Crippen LogP contribution in [0.1, 0.15) is 30.4 Å². The molecule has 1 aliphatic rings. The molecule has 2 aromatic carbocycles. The summed E-state index contributed by atoms with van der Waals surface area (Å²) in [7, 11) is -4.74. The van der Waals surface area contributed by atoms with Gasteiger partial charge in [0.05, 0.1) is 6.54 Å². The fourth-order valence-electron chi connectivity index (χ4n) is 4.39. The Balaban J connectivity index is 1.66. The molecule has 5 amide bonds. The number of rotatable bonds is 16. The lowest BCUT2D eigenvalue weighted by atomic mass is 10.0. The molecule has 2 atom stereocenters. The predicted molar refractivity (Wildman–Crippen MR) is 158 cm³/mol. The highest BCUT2D eigenvalue weighted by atomic mass is 32.3. The highest BCUT2D eigenvalue weighted by Crippen LogP contribution is 2.21. The summed E-state index contributed by atoms with van der Waals surface area (Å²) in [5.74, 6) is -2.48. The van der Waals surface area contributed by atoms with Gasteiger partial charge in [0, 0.05) is 25.8 Å². The molecular weight excluding hydrogens is 600 g/mol. The van der Waals surface area contributed by atoms with E-state index in [1.165, 1.54) is 36.0 Å². The van der Waals surface area contributed by atoms with E-state index in [9.17, 15) is 32.4 Å². The summed E-state index contributed by atoms with van der Waals surface area (Å²) in [5.41, 5.74) is 1.51. The van der Waals surface area contributed by atoms with Crippen molar-refractivity contribution in [3.05, 3.63) is 65.7 Å². The van der Waals surface area contributed by atoms with Crippen LogP contribution in [0.4, 0.5) is 0 Å². The molecule has 0 spiro atoms. The van der Waals surface area contributed by atoms with Crippen LogP contribution in [0.15, 0.2) is 54.6 Å². The average molecular weight is 635 g/mol. The van der Waals surface area contributed by atoms with Crippen molar-refractivity contribution in [3.8, 4) is 5.75 Å². The molecule has 0 aliphatic carbocycles. The van der Waals surface area contributed by atoms with Crippen LogP contribution < -0.4 is 20.1 Å². The van der Waals surface area contributed by atoms with Crippen LogP contribution in [0, 0.1) is 0 Å². The van der Waals surface area contributed by atoms with Gasteiger partial charge in [-0.15, -0.1) is 0 Å². The molecule has 0 unspecified atom stereocenters. The smallest absolute Gasteiger partial charge is 0.362 e. The van der Waals surface area contributed by atoms with Gasteiger partial charge >= 0.3 is 10.4 Å². The maximum Gasteiger partial charge on any atom is 0.446 e. The minimum atomic E-state index is -4.74. The van der Waals surface area contributed by atoms with Gasteiger partial charge in [-0.3, -0.25) is 33.4 Å². The van der Waals surface area contributed by atoms with Crippen molar-refractivity contribution in [3.63, 3.8) is 0 Å². The van der Waals surface area contributed by atoms with Crippen molar-refractivity contribution in [2.24, 2.45) is 0 Å². The van der Waals surface area contributed by atoms with E-state index < -0.39 is 52.0 Å². The Bertz CT molecular complexity index is 1390. The second kappa shape index (κ2) is 16.0. The normalized spacial score (nSPS) is 14.6. The predicted octanol–water partition coefficient (Wildman–Crippen LogP) is 0.641. The molecule has 2 aromatic rings. The molecule has 15 heteroatoms. The Morgan fingerprint density at radius 3 is 2.21 bits per heavy atom. The molecule has 0 bridgehead atoms. The van der Waals surface area contributed by atoms with Gasteiger partial charge in [0.1, 0.15) is 17.8 Å². The number of hydrogen-bond acceptors (Lipinski definition) is 9. The van der Waals surface area contributed by atoms with Crippen molar-refractivity contribution in [1.29, 1.82) is 0 Å². The maximum absolute atomic E-state index is 13.5. The monoisotopic (exact) mass is 634 g/mol. The molecule has 1 fully saturated rings. The third kappa shape index (κ3) is 11.0. The standard InChI is InChI=1S/C28H34N4O9S2/c1-42-16-14-22(27(36)30-18-24(33)29-15-13-19-5-3-2-4-6-19)31-28(37)23(32-25(34)11-12-26(32)35)17-20-7-9-21(10-8-20)41-43(38,39)40/h2-10,22-23H,11-18H2,1H3,(H,29,33)(H,30,36)(H,31,37)(H,38,39,40)/t22-,23-/m0/s1. The number of imide groups is 1. The van der Waals surface area contributed by atoms with E-state index in [0.29, 0.717) is 24.3 Å². The summed E-state index contributed by atoms with van der Waals surface area (Å²) < 4.78 is 35.2. The Hall–Kier alpha value is -3.95. The first-order valence-corrected chi connectivity index (χ1v) is 16.2. The second-order valence-electron chi connectivity index (χ2n) is 9.68. The lowest BCUT2D eigenvalue weighted by Gasteiger charge is -2.28. The molecule has 0 saturated carbocycles. The minimum absolute atomic E-state index is 0.0560. The van der Waals surface area contributed by atoms with Gasteiger partial charge < -0.3 is 20.1 Å². The molecular formula is C28H34N4O9S2. The molecule has 0 radical (unpaired) electrons. The number of hydrogen-bond donors (Lipinski definition) is 4. The number of thioether (sulfide) groups is 1. The second-order valence-corrected chi connectivity index (χ2v) is 11.7. The minimum Gasteiger partial charge on any atom is -0.362 e. The van der Waals surface area contributed by atoms with Gasteiger partial charge in [-0.1, -0.05) is 42.5 Å². The molecule has 4 N–H and O–H groups in total. The van der Waals surface area contributed by atoms with E-state index >= 15 is 0 Å². The Morgan fingerprint density at radius 1 is 0.953 bits per heavy atom. The van der Waals surface area contributed by atoms with Crippen LogP contribution in [0.3, 0.4) is 0 Å². The van der Waals surface area contributed by atoms with Crippen LogP contribution in [-0.4, -0.2) is 84.6 Å². The fourth-order valence-corrected chi connectivity index (χ4v) is 5.21. The molecule has 232 valence electrons. The first kappa shape index (κ1) is 33.6. The van der Waals surface area contributed by atoms with Gasteiger partial charge in [-0.05, 0) is 48.1 Å². The summed E-state index contributed by atoms with van der Waals surface area (Å²) in [5, 5.41) is 7.92. The number of carbonyl (C=O) groups is 5. The summed E-state index contributed by atoms with van der Waals surface area (Å²) in [6.45, 7) is 0.0810. The third-order valence-electron chi connectivity index (χ3n) is 6.50. The lowest BCUT2D eigenvalue weighted by molar-refractivity contribution is -0.147. The summed E-state index contributed by atoms with van der Waals surface area (Å²) in [6.07, 6.45) is 2.44. The largest absolute Gasteiger partial charge is 0.446 e. The van der Waals surface area contributed by atoms with E-state index in [2.05, 4.69) is 20.1 Å². The highest BCUT2D eigenvalue weighted by molar-refractivity contribution is 7.98. The van der Waals surface area contributed by atoms with Gasteiger partial charge in [0.25, 0.3) is 0 Å². The van der Waals surface area contributed by atoms with Crippen LogP contribution in [0.2, 0.25) is 0 Å². The number of carbonyl (C=O) groups excluding carboxylic acids is 5. The van der Waals surface area contributed by atoms with E-state index in [4.69, 9.17) is 4.55 Å². The summed E-state index contributed by atoms with van der Waals surface area (Å²) in [6, 6.07) is 12.6. The average Bonchev–Trinajstić information content (AvgIpc) is 3.30. The number of amides is 5. The van der Waals surface area contributed by atoms with Crippen molar-refractivity contribution in [2.45, 2.75) is 44.2 Å². The van der Waals surface area contributed by atoms with E-state index in [0.717, 1.165) is 10.5 Å². The molecule has 1 heterocycles. The van der Waals surface area contributed by atoms with Crippen molar-refractivity contribution in [1.82, 2.24) is 20.9 Å². The number of likely N-dealkylation sites (tertiary alicyclic amines) is 1. The zero-order valence-electron chi connectivity index (χ0n) is 23.5. The number of nitrogens with one attached hydrogen (secondary N) is 3. The van der Waals surface area contributed by atoms with Gasteiger partial charge in [-0.25, -0.2) is 0 Å². The van der Waals surface area contributed by atoms with Crippen LogP contribution in [0.25, 0.3) is 0 Å². The van der Waals surface area contributed by atoms with Crippen LogP contribution in [-0.2, 0) is 47.2 Å². The zero-order chi connectivity index (χ0) is 31.4. The van der Waals surface area contributed by atoms with Gasteiger partial charge in [-0.2, -0.15) is 20.2 Å². The molecule has 13 nitrogen and oxygen atoms in total. The Morgan fingerprint density at radius 2 is 1.60 bits per heavy atom. The summed E-state index contributed by atoms with van der Waals surface area (Å²) >= 11 is 1.45. The maximum atomic E-state index is 13.5.